The van der Waals surface area contributed by atoms with Crippen molar-refractivity contribution in [1.29, 1.82) is 0 Å². The third kappa shape index (κ3) is 2.88. The summed E-state index contributed by atoms with van der Waals surface area (Å²) in [4.78, 5) is 0. The molecule has 0 heterocycles. The molecule has 0 nitrogen and oxygen atoms in total. The summed E-state index contributed by atoms with van der Waals surface area (Å²) in [6.07, 6.45) is 1.86. The highest BCUT2D eigenvalue weighted by atomic mass is 35.5. The van der Waals surface area contributed by atoms with Crippen LogP contribution in [0.1, 0.15) is 0 Å². The molecule has 6 heavy (non-hydrogen) atoms. The number of halogens is 2. The fraction of sp³-hybridized carbons (Fsp3) is 0.333. The fourth-order valence-electron chi connectivity index (χ4n) is 0.0445. The predicted octanol–water partition coefficient (Wildman–Crippen LogP) is 2.63. The van der Waals surface area contributed by atoms with Crippen LogP contribution in [0.5, 0.6) is 0 Å². The summed E-state index contributed by atoms with van der Waals surface area (Å²) >= 11 is 11.9. The molecule has 0 saturated heterocycles. The molecular weight excluding hydrogens is 139 g/mol. The molecule has 0 fully saturated rings. The molecule has 0 bridgehead atoms. The van der Waals surface area contributed by atoms with E-state index in [4.69, 9.17) is 23.2 Å². The van der Waals surface area contributed by atoms with Crippen LogP contribution < -0.4 is 0 Å². The van der Waals surface area contributed by atoms with Crippen molar-refractivity contribution in [3.63, 3.8) is 0 Å². The highest BCUT2D eigenvalue weighted by Crippen LogP contribution is 2.15. The molecule has 0 aromatic heterocycles. The van der Waals surface area contributed by atoms with Gasteiger partial charge in [0, 0.05) is 5.54 Å². The topological polar surface area (TPSA) is 0 Å². The molecule has 0 unspecified atom stereocenters. The Labute approximate surface area is 51.5 Å². The van der Waals surface area contributed by atoms with E-state index in [1.807, 2.05) is 6.26 Å². The molecule has 0 rings (SSSR count). The van der Waals surface area contributed by atoms with E-state index in [0.717, 1.165) is 0 Å². The van der Waals surface area contributed by atoms with Gasteiger partial charge in [0.25, 0.3) is 0 Å². The Kier molecular flexibility index (Phi) is 4.28. The van der Waals surface area contributed by atoms with Crippen molar-refractivity contribution in [2.75, 3.05) is 6.26 Å². The molecular formula is C3H4Cl2S. The van der Waals surface area contributed by atoms with E-state index < -0.39 is 0 Å². The minimum absolute atomic E-state index is 0.622. The van der Waals surface area contributed by atoms with Crippen LogP contribution in [-0.2, 0) is 0 Å². The van der Waals surface area contributed by atoms with E-state index in [1.54, 1.807) is 0 Å². The van der Waals surface area contributed by atoms with Crippen LogP contribution in [0, 0.1) is 0 Å². The molecule has 0 amide bonds. The molecule has 0 aliphatic carbocycles. The van der Waals surface area contributed by atoms with Crippen molar-refractivity contribution in [2.24, 2.45) is 0 Å². The standard InChI is InChI=1S/C3H4Cl2S/c1-6-3(5)2-4/h2H,1H3/b3-2-. The Bertz CT molecular complexity index is 59.8. The third-order valence-electron chi connectivity index (χ3n) is 0.281. The molecule has 36 valence electrons. The number of hydrogen-bond donors (Lipinski definition) is 0. The van der Waals surface area contributed by atoms with Gasteiger partial charge in [-0.15, -0.1) is 11.8 Å². The maximum atomic E-state index is 5.34. The lowest BCUT2D eigenvalue weighted by Gasteiger charge is -1.79. The largest absolute Gasteiger partial charge is 0.117 e. The molecule has 0 radical (unpaired) electrons. The first-order valence-corrected chi connectivity index (χ1v) is 3.35. The lowest BCUT2D eigenvalue weighted by atomic mass is 11.2. The van der Waals surface area contributed by atoms with Gasteiger partial charge in [-0.3, -0.25) is 0 Å². The molecule has 0 aliphatic rings. The van der Waals surface area contributed by atoms with E-state index in [0.29, 0.717) is 4.36 Å². The molecule has 0 atom stereocenters. The number of rotatable bonds is 1. The maximum Gasteiger partial charge on any atom is 0.0845 e. The van der Waals surface area contributed by atoms with Crippen LogP contribution in [0.3, 0.4) is 0 Å². The average molecular weight is 143 g/mol. The van der Waals surface area contributed by atoms with E-state index in [-0.39, 0.29) is 0 Å². The van der Waals surface area contributed by atoms with Crippen LogP contribution in [0.25, 0.3) is 0 Å². The van der Waals surface area contributed by atoms with Crippen molar-refractivity contribution in [1.82, 2.24) is 0 Å². The molecule has 0 aliphatic heterocycles. The van der Waals surface area contributed by atoms with Gasteiger partial charge in [-0.1, -0.05) is 23.2 Å². The Morgan fingerprint density at radius 3 is 2.33 bits per heavy atom. The first-order valence-electron chi connectivity index (χ1n) is 1.31. The monoisotopic (exact) mass is 142 g/mol. The van der Waals surface area contributed by atoms with Crippen molar-refractivity contribution >= 4 is 35.0 Å². The number of thioether (sulfide) groups is 1. The van der Waals surface area contributed by atoms with Gasteiger partial charge in [-0.05, 0) is 6.26 Å². The molecule has 0 spiro atoms. The smallest absolute Gasteiger partial charge is 0.0845 e. The van der Waals surface area contributed by atoms with Crippen molar-refractivity contribution in [3.8, 4) is 0 Å². The Morgan fingerprint density at radius 1 is 1.83 bits per heavy atom. The zero-order chi connectivity index (χ0) is 4.99. The van der Waals surface area contributed by atoms with Gasteiger partial charge >= 0.3 is 0 Å². The summed E-state index contributed by atoms with van der Waals surface area (Å²) in [5, 5.41) is 0. The minimum Gasteiger partial charge on any atom is -0.117 e. The van der Waals surface area contributed by atoms with Crippen LogP contribution >= 0.6 is 35.0 Å². The molecule has 3 heteroatoms. The van der Waals surface area contributed by atoms with Gasteiger partial charge in [-0.25, -0.2) is 0 Å². The second-order valence-corrected chi connectivity index (χ2v) is 2.31. The highest BCUT2D eigenvalue weighted by Gasteiger charge is 1.78. The number of hydrogen-bond acceptors (Lipinski definition) is 1. The summed E-state index contributed by atoms with van der Waals surface area (Å²) in [6.45, 7) is 0. The van der Waals surface area contributed by atoms with Gasteiger partial charge in [-0.2, -0.15) is 0 Å². The van der Waals surface area contributed by atoms with E-state index in [1.165, 1.54) is 17.3 Å². The second kappa shape index (κ2) is 3.85. The molecule has 0 aromatic carbocycles. The maximum absolute atomic E-state index is 5.34. The van der Waals surface area contributed by atoms with Gasteiger partial charge in [0.2, 0.25) is 0 Å². The highest BCUT2D eigenvalue weighted by molar-refractivity contribution is 8.03. The first-order chi connectivity index (χ1) is 2.81. The third-order valence-corrected chi connectivity index (χ3v) is 1.82. The molecule has 0 aromatic rings. The van der Waals surface area contributed by atoms with Gasteiger partial charge < -0.3 is 0 Å². The summed E-state index contributed by atoms with van der Waals surface area (Å²) in [7, 11) is 0. The first kappa shape index (κ1) is 6.67. The van der Waals surface area contributed by atoms with Crippen LogP contribution in [0.2, 0.25) is 0 Å². The summed E-state index contributed by atoms with van der Waals surface area (Å²) in [6, 6.07) is 0. The molecule has 0 N–H and O–H groups in total. The van der Waals surface area contributed by atoms with Crippen LogP contribution in [-0.4, -0.2) is 6.26 Å². The summed E-state index contributed by atoms with van der Waals surface area (Å²) < 4.78 is 0.622. The normalized spacial score (nSPS) is 12.2. The fourth-order valence-corrected chi connectivity index (χ4v) is 0.401. The predicted molar refractivity (Wildman–Crippen MR) is 33.3 cm³/mol. The van der Waals surface area contributed by atoms with Crippen LogP contribution in [0.15, 0.2) is 9.90 Å². The Hall–Kier alpha value is 0.670. The second-order valence-electron chi connectivity index (χ2n) is 0.617. The van der Waals surface area contributed by atoms with Crippen molar-refractivity contribution < 1.29 is 0 Å². The lowest BCUT2D eigenvalue weighted by molar-refractivity contribution is 2.33. The van der Waals surface area contributed by atoms with E-state index in [2.05, 4.69) is 0 Å². The Morgan fingerprint density at radius 2 is 2.33 bits per heavy atom. The van der Waals surface area contributed by atoms with E-state index in [9.17, 15) is 0 Å². The average Bonchev–Trinajstić information content (AvgIpc) is 1.65. The van der Waals surface area contributed by atoms with Gasteiger partial charge in [0.05, 0.1) is 4.36 Å². The van der Waals surface area contributed by atoms with E-state index >= 15 is 0 Å². The summed E-state index contributed by atoms with van der Waals surface area (Å²) in [5.74, 6) is 0. The van der Waals surface area contributed by atoms with Gasteiger partial charge in [0.1, 0.15) is 0 Å². The molecule has 0 saturated carbocycles. The Balaban J connectivity index is 3.22. The minimum atomic E-state index is 0.622. The van der Waals surface area contributed by atoms with Crippen molar-refractivity contribution in [3.05, 3.63) is 9.90 Å². The summed E-state index contributed by atoms with van der Waals surface area (Å²) in [5.41, 5.74) is 1.34. The zero-order valence-electron chi connectivity index (χ0n) is 3.24. The quantitative estimate of drug-likeness (QED) is 0.543. The van der Waals surface area contributed by atoms with Gasteiger partial charge in [0.15, 0.2) is 0 Å². The zero-order valence-corrected chi connectivity index (χ0v) is 5.57. The van der Waals surface area contributed by atoms with Crippen molar-refractivity contribution in [2.45, 2.75) is 0 Å². The van der Waals surface area contributed by atoms with Crippen LogP contribution in [0.4, 0.5) is 0 Å². The SMILES string of the molecule is CS/C(Cl)=C\Cl. The lowest BCUT2D eigenvalue weighted by Crippen LogP contribution is -1.48.